The third kappa shape index (κ3) is 4.83. The van der Waals surface area contributed by atoms with E-state index in [1.807, 2.05) is 37.3 Å². The topological polar surface area (TPSA) is 108 Å². The zero-order valence-electron chi connectivity index (χ0n) is 21.4. The molecule has 0 radical (unpaired) electrons. The van der Waals surface area contributed by atoms with Gasteiger partial charge in [-0.25, -0.2) is 4.98 Å². The van der Waals surface area contributed by atoms with Gasteiger partial charge >= 0.3 is 5.97 Å². The molecular formula is C28H33N5O4. The molecule has 1 aromatic carbocycles. The zero-order valence-corrected chi connectivity index (χ0v) is 21.4. The largest absolute Gasteiger partial charge is 0.480 e. The maximum atomic E-state index is 13.6. The first-order chi connectivity index (χ1) is 17.8. The van der Waals surface area contributed by atoms with Crippen LogP contribution in [0.5, 0.6) is 0 Å². The number of aryl methyl sites for hydroxylation is 1. The maximum absolute atomic E-state index is 13.6. The van der Waals surface area contributed by atoms with Gasteiger partial charge in [0.1, 0.15) is 12.4 Å². The van der Waals surface area contributed by atoms with Crippen LogP contribution in [0.3, 0.4) is 0 Å². The van der Waals surface area contributed by atoms with Crippen molar-refractivity contribution in [2.75, 3.05) is 42.5 Å². The number of fused-ring (bicyclic) bond motifs is 1. The van der Waals surface area contributed by atoms with Gasteiger partial charge in [0.15, 0.2) is 5.78 Å². The lowest BCUT2D eigenvalue weighted by Gasteiger charge is -2.30. The van der Waals surface area contributed by atoms with Crippen molar-refractivity contribution in [1.82, 2.24) is 14.9 Å². The molecule has 2 aromatic heterocycles. The van der Waals surface area contributed by atoms with E-state index in [1.165, 1.54) is 6.92 Å². The fraction of sp³-hybridized carbons (Fsp3) is 0.429. The van der Waals surface area contributed by atoms with Crippen molar-refractivity contribution < 1.29 is 14.7 Å². The van der Waals surface area contributed by atoms with Gasteiger partial charge < -0.3 is 24.8 Å². The first-order valence-electron chi connectivity index (χ1n) is 13.0. The molecule has 5 rings (SSSR count). The van der Waals surface area contributed by atoms with Crippen LogP contribution in [-0.4, -0.2) is 59.1 Å². The number of hydrogen-bond acceptors (Lipinski definition) is 7. The average Bonchev–Trinajstić information content (AvgIpc) is 3.42. The number of anilines is 3. The number of carboxylic acid groups (broad SMARTS) is 1. The standard InChI is InChI=1S/C28H33N5O4/c1-18-23-9-7-21(15-24(23)33(20-5-3-4-6-20)28(37)27(18)19(2)34)32(17-26(35)36)25-10-8-22(16-30-25)31-13-11-29-12-14-31/h7-10,15-16,20,29H,3-6,11-14,17H2,1-2H3,(H,35,36). The molecule has 9 heteroatoms. The number of pyridine rings is 2. The van der Waals surface area contributed by atoms with Gasteiger partial charge in [-0.15, -0.1) is 0 Å². The number of piperazine rings is 1. The molecular weight excluding hydrogens is 470 g/mol. The normalized spacial score (nSPS) is 16.3. The second-order valence-electron chi connectivity index (χ2n) is 9.96. The lowest BCUT2D eigenvalue weighted by atomic mass is 10.00. The van der Waals surface area contributed by atoms with Crippen LogP contribution in [-0.2, 0) is 4.79 Å². The quantitative estimate of drug-likeness (QED) is 0.471. The molecule has 3 aromatic rings. The number of nitrogens with one attached hydrogen (secondary N) is 1. The molecule has 1 aliphatic carbocycles. The van der Waals surface area contributed by atoms with Crippen LogP contribution in [0, 0.1) is 6.92 Å². The number of carbonyl (C=O) groups excluding carboxylic acids is 1. The third-order valence-electron chi connectivity index (χ3n) is 7.59. The summed E-state index contributed by atoms with van der Waals surface area (Å²) in [5.74, 6) is -0.696. The molecule has 3 heterocycles. The van der Waals surface area contributed by atoms with Gasteiger partial charge in [0.05, 0.1) is 23.0 Å². The van der Waals surface area contributed by atoms with E-state index < -0.39 is 5.97 Å². The van der Waals surface area contributed by atoms with Crippen LogP contribution in [0.25, 0.3) is 10.9 Å². The molecule has 0 atom stereocenters. The number of rotatable bonds is 7. The highest BCUT2D eigenvalue weighted by Gasteiger charge is 2.26. The van der Waals surface area contributed by atoms with Gasteiger partial charge in [-0.2, -0.15) is 0 Å². The van der Waals surface area contributed by atoms with Crippen molar-refractivity contribution in [2.45, 2.75) is 45.6 Å². The van der Waals surface area contributed by atoms with Crippen molar-refractivity contribution >= 4 is 39.8 Å². The van der Waals surface area contributed by atoms with Crippen molar-refractivity contribution in [1.29, 1.82) is 0 Å². The number of Topliss-reactive ketones (excluding diaryl/α,β-unsaturated/α-hetero) is 1. The van der Waals surface area contributed by atoms with E-state index in [1.54, 1.807) is 15.7 Å². The average molecular weight is 504 g/mol. The van der Waals surface area contributed by atoms with Crippen LogP contribution >= 0.6 is 0 Å². The summed E-state index contributed by atoms with van der Waals surface area (Å²) >= 11 is 0. The Morgan fingerprint density at radius 2 is 1.86 bits per heavy atom. The molecule has 0 unspecified atom stereocenters. The highest BCUT2D eigenvalue weighted by Crippen LogP contribution is 2.35. The van der Waals surface area contributed by atoms with Crippen molar-refractivity contribution in [3.63, 3.8) is 0 Å². The van der Waals surface area contributed by atoms with Gasteiger partial charge in [0, 0.05) is 43.3 Å². The van der Waals surface area contributed by atoms with Crippen LogP contribution in [0.4, 0.5) is 17.2 Å². The van der Waals surface area contributed by atoms with Gasteiger partial charge in [-0.3, -0.25) is 14.4 Å². The number of nitrogens with zero attached hydrogens (tertiary/aromatic N) is 4. The molecule has 194 valence electrons. The maximum Gasteiger partial charge on any atom is 0.323 e. The molecule has 0 spiro atoms. The Balaban J connectivity index is 1.62. The minimum Gasteiger partial charge on any atom is -0.480 e. The summed E-state index contributed by atoms with van der Waals surface area (Å²) in [5, 5.41) is 13.9. The molecule has 1 aliphatic heterocycles. The molecule has 2 fully saturated rings. The van der Waals surface area contributed by atoms with Gasteiger partial charge in [-0.1, -0.05) is 18.9 Å². The lowest BCUT2D eigenvalue weighted by molar-refractivity contribution is -0.135. The summed E-state index contributed by atoms with van der Waals surface area (Å²) in [5.41, 5.74) is 3.01. The van der Waals surface area contributed by atoms with Crippen LogP contribution in [0.15, 0.2) is 41.3 Å². The minimum atomic E-state index is -0.982. The molecule has 0 amide bonds. The Hall–Kier alpha value is -3.72. The molecule has 0 bridgehead atoms. The van der Waals surface area contributed by atoms with E-state index in [9.17, 15) is 19.5 Å². The predicted octanol–water partition coefficient (Wildman–Crippen LogP) is 3.65. The Bertz CT molecular complexity index is 1390. The number of hydrogen-bond donors (Lipinski definition) is 2. The van der Waals surface area contributed by atoms with Crippen molar-refractivity contribution in [3.05, 3.63) is 58.0 Å². The summed E-state index contributed by atoms with van der Waals surface area (Å²) in [7, 11) is 0. The van der Waals surface area contributed by atoms with E-state index in [4.69, 9.17) is 0 Å². The number of aliphatic carboxylic acids is 1. The Kier molecular flexibility index (Phi) is 6.97. The summed E-state index contributed by atoms with van der Waals surface area (Å²) in [4.78, 5) is 46.4. The summed E-state index contributed by atoms with van der Waals surface area (Å²) in [6, 6.07) is 9.45. The van der Waals surface area contributed by atoms with Crippen LogP contribution in [0.2, 0.25) is 0 Å². The first-order valence-corrected chi connectivity index (χ1v) is 13.0. The highest BCUT2D eigenvalue weighted by molar-refractivity contribution is 6.00. The Morgan fingerprint density at radius 3 is 2.49 bits per heavy atom. The van der Waals surface area contributed by atoms with Crippen LogP contribution < -0.4 is 20.7 Å². The van der Waals surface area contributed by atoms with E-state index in [0.717, 1.165) is 68.5 Å². The third-order valence-corrected chi connectivity index (χ3v) is 7.59. The van der Waals surface area contributed by atoms with Crippen LogP contribution in [0.1, 0.15) is 54.6 Å². The van der Waals surface area contributed by atoms with E-state index in [0.29, 0.717) is 17.1 Å². The minimum absolute atomic E-state index is 0.0216. The summed E-state index contributed by atoms with van der Waals surface area (Å²) in [6.07, 6.45) is 5.63. The monoisotopic (exact) mass is 503 g/mol. The fourth-order valence-corrected chi connectivity index (χ4v) is 5.76. The Labute approximate surface area is 215 Å². The second-order valence-corrected chi connectivity index (χ2v) is 9.96. The Morgan fingerprint density at radius 1 is 1.14 bits per heavy atom. The zero-order chi connectivity index (χ0) is 26.1. The number of benzene rings is 1. The number of aromatic nitrogens is 2. The smallest absolute Gasteiger partial charge is 0.323 e. The summed E-state index contributed by atoms with van der Waals surface area (Å²) in [6.45, 7) is 6.59. The number of carbonyl (C=O) groups is 2. The van der Waals surface area contributed by atoms with E-state index in [-0.39, 0.29) is 29.5 Å². The van der Waals surface area contributed by atoms with Gasteiger partial charge in [0.2, 0.25) is 0 Å². The van der Waals surface area contributed by atoms with E-state index in [2.05, 4.69) is 15.2 Å². The number of carboxylic acids is 1. The summed E-state index contributed by atoms with van der Waals surface area (Å²) < 4.78 is 1.77. The molecule has 2 aliphatic rings. The van der Waals surface area contributed by atoms with Crippen molar-refractivity contribution in [3.8, 4) is 0 Å². The number of ketones is 1. The molecule has 9 nitrogen and oxygen atoms in total. The molecule has 37 heavy (non-hydrogen) atoms. The van der Waals surface area contributed by atoms with Gasteiger partial charge in [0.25, 0.3) is 5.56 Å². The second kappa shape index (κ2) is 10.3. The van der Waals surface area contributed by atoms with E-state index >= 15 is 0 Å². The highest BCUT2D eigenvalue weighted by atomic mass is 16.4. The fourth-order valence-electron chi connectivity index (χ4n) is 5.76. The van der Waals surface area contributed by atoms with Crippen molar-refractivity contribution in [2.24, 2.45) is 0 Å². The SMILES string of the molecule is CC(=O)c1c(C)c2ccc(N(CC(=O)O)c3ccc(N4CCNCC4)cn3)cc2n(C2CCCC2)c1=O. The molecule has 2 N–H and O–H groups in total. The molecule has 1 saturated carbocycles. The van der Waals surface area contributed by atoms with Gasteiger partial charge in [-0.05, 0) is 56.5 Å². The molecule has 1 saturated heterocycles. The lowest BCUT2D eigenvalue weighted by Crippen LogP contribution is -2.43. The predicted molar refractivity (Wildman–Crippen MR) is 144 cm³/mol. The first kappa shape index (κ1) is 25.0.